The molecule has 0 aliphatic carbocycles. The van der Waals surface area contributed by atoms with Gasteiger partial charge in [-0.1, -0.05) is 46.6 Å². The van der Waals surface area contributed by atoms with Crippen LogP contribution in [-0.2, 0) is 6.18 Å². The molecule has 150 valence electrons. The molecule has 11 heteroatoms. The molecule has 0 unspecified atom stereocenters. The van der Waals surface area contributed by atoms with Crippen molar-refractivity contribution in [2.24, 2.45) is 0 Å². The molecule has 1 aromatic heterocycles. The van der Waals surface area contributed by atoms with Gasteiger partial charge < -0.3 is 4.52 Å². The molecule has 0 saturated carbocycles. The van der Waals surface area contributed by atoms with Gasteiger partial charge in [-0.05, 0) is 24.3 Å². The summed E-state index contributed by atoms with van der Waals surface area (Å²) in [7, 11) is 0. The maximum Gasteiger partial charge on any atom is 0.416 e. The van der Waals surface area contributed by atoms with Crippen LogP contribution in [0.15, 0.2) is 53.1 Å². The molecule has 3 aromatic rings. The van der Waals surface area contributed by atoms with Crippen molar-refractivity contribution in [1.82, 2.24) is 10.5 Å². The molecule has 0 bridgehead atoms. The number of nitrogens with zero attached hydrogens (tertiary/aromatic N) is 1. The maximum atomic E-state index is 12.8. The van der Waals surface area contributed by atoms with E-state index in [4.69, 9.17) is 27.7 Å². The van der Waals surface area contributed by atoms with E-state index in [1.165, 1.54) is 36.4 Å². The van der Waals surface area contributed by atoms with Crippen molar-refractivity contribution in [3.05, 3.63) is 69.7 Å². The average Bonchev–Trinajstić information content (AvgIpc) is 3.09. The van der Waals surface area contributed by atoms with Crippen LogP contribution in [0.4, 0.5) is 23.8 Å². The normalized spacial score (nSPS) is 11.2. The minimum absolute atomic E-state index is 0.00752. The van der Waals surface area contributed by atoms with E-state index in [2.05, 4.69) is 10.5 Å². The third-order valence-corrected chi connectivity index (χ3v) is 4.27. The van der Waals surface area contributed by atoms with Crippen LogP contribution >= 0.6 is 23.2 Å². The lowest BCUT2D eigenvalue weighted by atomic mass is 10.1. The van der Waals surface area contributed by atoms with Crippen molar-refractivity contribution in [1.29, 1.82) is 0 Å². The number of carbonyl (C=O) groups is 2. The highest BCUT2D eigenvalue weighted by Gasteiger charge is 2.30. The van der Waals surface area contributed by atoms with Gasteiger partial charge in [0.15, 0.2) is 11.6 Å². The van der Waals surface area contributed by atoms with Gasteiger partial charge in [-0.3, -0.25) is 15.4 Å². The quantitative estimate of drug-likeness (QED) is 0.549. The first-order valence-electron chi connectivity index (χ1n) is 7.86. The van der Waals surface area contributed by atoms with Gasteiger partial charge in [-0.15, -0.1) is 0 Å². The molecule has 6 nitrogen and oxygen atoms in total. The summed E-state index contributed by atoms with van der Waals surface area (Å²) in [5, 5.41) is 7.90. The summed E-state index contributed by atoms with van der Waals surface area (Å²) in [4.78, 5) is 24.1. The molecule has 3 amide bonds. The second-order valence-corrected chi connectivity index (χ2v) is 6.47. The van der Waals surface area contributed by atoms with Crippen molar-refractivity contribution in [2.45, 2.75) is 6.18 Å². The topological polar surface area (TPSA) is 84.2 Å². The summed E-state index contributed by atoms with van der Waals surface area (Å²) >= 11 is 11.8. The fourth-order valence-corrected chi connectivity index (χ4v) is 2.92. The summed E-state index contributed by atoms with van der Waals surface area (Å²) in [6, 6.07) is 9.04. The predicted molar refractivity (Wildman–Crippen MR) is 99.9 cm³/mol. The van der Waals surface area contributed by atoms with Crippen molar-refractivity contribution < 1.29 is 27.3 Å². The Bertz CT molecular complexity index is 1060. The molecular formula is C18H10Cl2F3N3O3. The number of hydrogen-bond donors (Lipinski definition) is 2. The number of rotatable bonds is 3. The molecule has 0 aliphatic rings. The van der Waals surface area contributed by atoms with Crippen molar-refractivity contribution in [3.8, 4) is 11.3 Å². The highest BCUT2D eigenvalue weighted by atomic mass is 35.5. The third kappa shape index (κ3) is 4.87. The number of carbonyl (C=O) groups excluding carboxylic acids is 2. The van der Waals surface area contributed by atoms with Gasteiger partial charge in [0.05, 0.1) is 21.2 Å². The van der Waals surface area contributed by atoms with Gasteiger partial charge in [-0.25, -0.2) is 4.79 Å². The van der Waals surface area contributed by atoms with Crippen molar-refractivity contribution in [2.75, 3.05) is 5.32 Å². The number of halogens is 5. The number of benzene rings is 2. The van der Waals surface area contributed by atoms with E-state index >= 15 is 0 Å². The first kappa shape index (κ1) is 20.7. The Balaban J connectivity index is 1.70. The lowest BCUT2D eigenvalue weighted by molar-refractivity contribution is -0.137. The van der Waals surface area contributed by atoms with E-state index in [9.17, 15) is 22.8 Å². The zero-order chi connectivity index (χ0) is 21.2. The largest absolute Gasteiger partial charge is 0.416 e. The number of imide groups is 1. The summed E-state index contributed by atoms with van der Waals surface area (Å²) < 4.78 is 43.4. The first-order chi connectivity index (χ1) is 13.6. The van der Waals surface area contributed by atoms with Gasteiger partial charge >= 0.3 is 12.2 Å². The zero-order valence-electron chi connectivity index (χ0n) is 14.2. The average molecular weight is 444 g/mol. The van der Waals surface area contributed by atoms with Crippen LogP contribution in [0.25, 0.3) is 11.3 Å². The molecule has 3 rings (SSSR count). The Morgan fingerprint density at radius 3 is 2.31 bits per heavy atom. The lowest BCUT2D eigenvalue weighted by Crippen LogP contribution is -2.34. The Kier molecular flexibility index (Phi) is 5.81. The Labute approximate surface area is 171 Å². The summed E-state index contributed by atoms with van der Waals surface area (Å²) in [5.74, 6) is -0.973. The fraction of sp³-hybridized carbons (Fsp3) is 0.0556. The Hall–Kier alpha value is -3.04. The standard InChI is InChI=1S/C18H10Cl2F3N3O3/c19-11-5-2-6-12(20)15(11)16(27)25-17(28)24-14-8-13(29-26-14)9-3-1-4-10(7-9)18(21,22)23/h1-8H,(H2,24,25,26,27,28). The molecule has 0 fully saturated rings. The Morgan fingerprint density at radius 2 is 1.66 bits per heavy atom. The molecule has 2 N–H and O–H groups in total. The monoisotopic (exact) mass is 443 g/mol. The SMILES string of the molecule is O=C(NC(=O)c1c(Cl)cccc1Cl)Nc1cc(-c2cccc(C(F)(F)F)c2)on1. The number of nitrogens with one attached hydrogen (secondary N) is 2. The van der Waals surface area contributed by atoms with Gasteiger partial charge in [0.2, 0.25) is 0 Å². The molecule has 0 aliphatic heterocycles. The van der Waals surface area contributed by atoms with Crippen LogP contribution in [0.3, 0.4) is 0 Å². The van der Waals surface area contributed by atoms with Crippen LogP contribution < -0.4 is 10.6 Å². The fourth-order valence-electron chi connectivity index (χ4n) is 2.35. The summed E-state index contributed by atoms with van der Waals surface area (Å²) in [6.07, 6.45) is -4.52. The number of amides is 3. The Morgan fingerprint density at radius 1 is 1.00 bits per heavy atom. The molecule has 29 heavy (non-hydrogen) atoms. The van der Waals surface area contributed by atoms with Crippen molar-refractivity contribution >= 4 is 41.0 Å². The molecule has 0 radical (unpaired) electrons. The highest BCUT2D eigenvalue weighted by molar-refractivity contribution is 6.40. The van der Waals surface area contributed by atoms with Crippen LogP contribution in [0.5, 0.6) is 0 Å². The van der Waals surface area contributed by atoms with E-state index in [-0.39, 0.29) is 32.8 Å². The molecule has 2 aromatic carbocycles. The van der Waals surface area contributed by atoms with Crippen LogP contribution in [-0.4, -0.2) is 17.1 Å². The second-order valence-electron chi connectivity index (χ2n) is 5.66. The minimum atomic E-state index is -4.52. The van der Waals surface area contributed by atoms with Gasteiger partial charge in [-0.2, -0.15) is 13.2 Å². The highest BCUT2D eigenvalue weighted by Crippen LogP contribution is 2.32. The van der Waals surface area contributed by atoms with E-state index in [0.717, 1.165) is 12.1 Å². The van der Waals surface area contributed by atoms with E-state index in [1.807, 2.05) is 5.32 Å². The zero-order valence-corrected chi connectivity index (χ0v) is 15.7. The maximum absolute atomic E-state index is 12.8. The van der Waals surface area contributed by atoms with E-state index < -0.39 is 23.7 Å². The third-order valence-electron chi connectivity index (χ3n) is 3.64. The summed E-state index contributed by atoms with van der Waals surface area (Å²) in [6.45, 7) is 0. The molecule has 0 saturated heterocycles. The first-order valence-corrected chi connectivity index (χ1v) is 8.61. The van der Waals surface area contributed by atoms with Crippen LogP contribution in [0.1, 0.15) is 15.9 Å². The molecule has 1 heterocycles. The molecule has 0 spiro atoms. The van der Waals surface area contributed by atoms with Crippen LogP contribution in [0.2, 0.25) is 10.0 Å². The smallest absolute Gasteiger partial charge is 0.354 e. The van der Waals surface area contributed by atoms with Gasteiger partial charge in [0.25, 0.3) is 5.91 Å². The number of hydrogen-bond acceptors (Lipinski definition) is 4. The minimum Gasteiger partial charge on any atom is -0.354 e. The van der Waals surface area contributed by atoms with E-state index in [1.54, 1.807) is 0 Å². The predicted octanol–water partition coefficient (Wildman–Crippen LogP) is 5.63. The second kappa shape index (κ2) is 8.14. The van der Waals surface area contributed by atoms with E-state index in [0.29, 0.717) is 0 Å². The molecular weight excluding hydrogens is 434 g/mol. The number of urea groups is 1. The van der Waals surface area contributed by atoms with Crippen molar-refractivity contribution in [3.63, 3.8) is 0 Å². The van der Waals surface area contributed by atoms with Crippen LogP contribution in [0, 0.1) is 0 Å². The number of alkyl halides is 3. The lowest BCUT2D eigenvalue weighted by Gasteiger charge is -2.07. The van der Waals surface area contributed by atoms with Gasteiger partial charge in [0, 0.05) is 11.6 Å². The number of anilines is 1. The summed E-state index contributed by atoms with van der Waals surface area (Å²) in [5.41, 5.74) is -0.837. The molecule has 0 atom stereocenters. The van der Waals surface area contributed by atoms with Gasteiger partial charge in [0.1, 0.15) is 0 Å². The number of aromatic nitrogens is 1.